The number of carbonyl (C=O) groups is 1. The lowest BCUT2D eigenvalue weighted by atomic mass is 10.2. The summed E-state index contributed by atoms with van der Waals surface area (Å²) < 4.78 is 5.57. The third-order valence-corrected chi connectivity index (χ3v) is 2.78. The first-order valence-electron chi connectivity index (χ1n) is 6.63. The number of pyridine rings is 1. The molecule has 0 saturated heterocycles. The number of benzene rings is 1. The van der Waals surface area contributed by atoms with Gasteiger partial charge in [0, 0.05) is 12.6 Å². The summed E-state index contributed by atoms with van der Waals surface area (Å²) in [5.41, 5.74) is 1.92. The van der Waals surface area contributed by atoms with Gasteiger partial charge < -0.3 is 10.1 Å². The minimum Gasteiger partial charge on any atom is -0.494 e. The van der Waals surface area contributed by atoms with Gasteiger partial charge in [-0.15, -0.1) is 0 Å². The highest BCUT2D eigenvalue weighted by molar-refractivity contribution is 5.90. The zero-order valence-corrected chi connectivity index (χ0v) is 11.5. The van der Waals surface area contributed by atoms with Crippen LogP contribution in [0.4, 0.5) is 5.69 Å². The molecule has 20 heavy (non-hydrogen) atoms. The Morgan fingerprint density at radius 2 is 2.05 bits per heavy atom. The van der Waals surface area contributed by atoms with Gasteiger partial charge in [-0.1, -0.05) is 17.7 Å². The van der Waals surface area contributed by atoms with Crippen LogP contribution in [0.2, 0.25) is 0 Å². The van der Waals surface area contributed by atoms with Gasteiger partial charge in [0.1, 0.15) is 5.75 Å². The van der Waals surface area contributed by atoms with Crippen molar-refractivity contribution in [2.75, 3.05) is 11.9 Å². The van der Waals surface area contributed by atoms with Crippen LogP contribution in [0.25, 0.3) is 0 Å². The van der Waals surface area contributed by atoms with Crippen molar-refractivity contribution < 1.29 is 9.53 Å². The summed E-state index contributed by atoms with van der Waals surface area (Å²) in [6.45, 7) is 2.57. The number of hydrogen-bond acceptors (Lipinski definition) is 3. The van der Waals surface area contributed by atoms with Crippen LogP contribution in [-0.2, 0) is 4.79 Å². The number of aryl methyl sites for hydroxylation is 1. The molecular weight excluding hydrogens is 252 g/mol. The molecule has 0 unspecified atom stereocenters. The van der Waals surface area contributed by atoms with Crippen LogP contribution in [0.1, 0.15) is 18.4 Å². The fourth-order valence-electron chi connectivity index (χ4n) is 1.72. The molecule has 0 aliphatic carbocycles. The minimum absolute atomic E-state index is 0.0227. The Labute approximate surface area is 118 Å². The van der Waals surface area contributed by atoms with E-state index < -0.39 is 0 Å². The Balaban J connectivity index is 1.66. The molecule has 1 heterocycles. The monoisotopic (exact) mass is 270 g/mol. The summed E-state index contributed by atoms with van der Waals surface area (Å²) in [4.78, 5) is 15.6. The molecule has 0 bridgehead atoms. The van der Waals surface area contributed by atoms with Crippen LogP contribution in [0.3, 0.4) is 0 Å². The van der Waals surface area contributed by atoms with Gasteiger partial charge >= 0.3 is 0 Å². The molecule has 0 atom stereocenters. The van der Waals surface area contributed by atoms with Crippen molar-refractivity contribution in [1.29, 1.82) is 0 Å². The van der Waals surface area contributed by atoms with Gasteiger partial charge in [0.2, 0.25) is 5.91 Å². The van der Waals surface area contributed by atoms with Crippen molar-refractivity contribution in [3.63, 3.8) is 0 Å². The SMILES string of the molecule is Cc1ccc(OCCCC(=O)Nc2cccnc2)cc1. The molecule has 0 fully saturated rings. The third kappa shape index (κ3) is 4.72. The molecule has 0 aliphatic heterocycles. The van der Waals surface area contributed by atoms with Crippen molar-refractivity contribution in [3.8, 4) is 5.75 Å². The molecule has 0 saturated carbocycles. The number of carbonyl (C=O) groups excluding carboxylic acids is 1. The Morgan fingerprint density at radius 1 is 1.25 bits per heavy atom. The number of nitrogens with one attached hydrogen (secondary N) is 1. The highest BCUT2D eigenvalue weighted by atomic mass is 16.5. The zero-order chi connectivity index (χ0) is 14.2. The van der Waals surface area contributed by atoms with E-state index in [4.69, 9.17) is 4.74 Å². The van der Waals surface area contributed by atoms with Gasteiger partial charge in [0.25, 0.3) is 0 Å². The van der Waals surface area contributed by atoms with Crippen molar-refractivity contribution in [2.24, 2.45) is 0 Å². The van der Waals surface area contributed by atoms with Crippen LogP contribution < -0.4 is 10.1 Å². The number of hydrogen-bond donors (Lipinski definition) is 1. The predicted molar refractivity (Wildman–Crippen MR) is 78.8 cm³/mol. The van der Waals surface area contributed by atoms with Gasteiger partial charge in [0.15, 0.2) is 0 Å². The maximum Gasteiger partial charge on any atom is 0.224 e. The first kappa shape index (κ1) is 14.1. The largest absolute Gasteiger partial charge is 0.494 e. The van der Waals surface area contributed by atoms with E-state index in [1.807, 2.05) is 37.3 Å². The quantitative estimate of drug-likeness (QED) is 0.820. The summed E-state index contributed by atoms with van der Waals surface area (Å²) in [6, 6.07) is 11.5. The van der Waals surface area contributed by atoms with Gasteiger partial charge in [-0.05, 0) is 37.6 Å². The minimum atomic E-state index is -0.0227. The maximum absolute atomic E-state index is 11.7. The second-order valence-corrected chi connectivity index (χ2v) is 4.55. The molecule has 4 nitrogen and oxygen atoms in total. The van der Waals surface area contributed by atoms with Crippen LogP contribution >= 0.6 is 0 Å². The molecule has 2 aromatic rings. The van der Waals surface area contributed by atoms with E-state index in [2.05, 4.69) is 10.3 Å². The summed E-state index contributed by atoms with van der Waals surface area (Å²) in [7, 11) is 0. The highest BCUT2D eigenvalue weighted by Gasteiger charge is 2.02. The number of amides is 1. The lowest BCUT2D eigenvalue weighted by molar-refractivity contribution is -0.116. The molecule has 104 valence electrons. The average molecular weight is 270 g/mol. The molecule has 2 rings (SSSR count). The lowest BCUT2D eigenvalue weighted by Gasteiger charge is -2.07. The van der Waals surface area contributed by atoms with E-state index in [9.17, 15) is 4.79 Å². The average Bonchev–Trinajstić information content (AvgIpc) is 2.46. The number of aromatic nitrogens is 1. The van der Waals surface area contributed by atoms with Crippen LogP contribution in [0.15, 0.2) is 48.8 Å². The third-order valence-electron chi connectivity index (χ3n) is 2.78. The molecule has 4 heteroatoms. The van der Waals surface area contributed by atoms with Crippen LogP contribution in [0.5, 0.6) is 5.75 Å². The van der Waals surface area contributed by atoms with E-state index in [-0.39, 0.29) is 5.91 Å². The fraction of sp³-hybridized carbons (Fsp3) is 0.250. The van der Waals surface area contributed by atoms with E-state index >= 15 is 0 Å². The molecule has 1 aromatic heterocycles. The number of nitrogens with zero attached hydrogens (tertiary/aromatic N) is 1. The maximum atomic E-state index is 11.7. The van der Waals surface area contributed by atoms with E-state index in [0.717, 1.165) is 11.4 Å². The van der Waals surface area contributed by atoms with Crippen molar-refractivity contribution in [1.82, 2.24) is 4.98 Å². The second kappa shape index (κ2) is 7.28. The van der Waals surface area contributed by atoms with Gasteiger partial charge in [0.05, 0.1) is 18.5 Å². The summed E-state index contributed by atoms with van der Waals surface area (Å²) in [6.07, 6.45) is 4.41. The summed E-state index contributed by atoms with van der Waals surface area (Å²) in [5.74, 6) is 0.814. The number of anilines is 1. The Morgan fingerprint density at radius 3 is 2.75 bits per heavy atom. The zero-order valence-electron chi connectivity index (χ0n) is 11.5. The van der Waals surface area contributed by atoms with E-state index in [1.165, 1.54) is 5.56 Å². The molecule has 0 radical (unpaired) electrons. The van der Waals surface area contributed by atoms with E-state index in [1.54, 1.807) is 18.5 Å². The van der Waals surface area contributed by atoms with Gasteiger partial charge in [-0.25, -0.2) is 0 Å². The van der Waals surface area contributed by atoms with Crippen molar-refractivity contribution in [3.05, 3.63) is 54.4 Å². The standard InChI is InChI=1S/C16H18N2O2/c1-13-6-8-15(9-7-13)20-11-3-5-16(19)18-14-4-2-10-17-12-14/h2,4,6-10,12H,3,5,11H2,1H3,(H,18,19). The normalized spacial score (nSPS) is 10.1. The highest BCUT2D eigenvalue weighted by Crippen LogP contribution is 2.12. The first-order chi connectivity index (χ1) is 9.74. The van der Waals surface area contributed by atoms with Gasteiger partial charge in [-0.2, -0.15) is 0 Å². The number of ether oxygens (including phenoxy) is 1. The predicted octanol–water partition coefficient (Wildman–Crippen LogP) is 3.19. The smallest absolute Gasteiger partial charge is 0.224 e. The first-order valence-corrected chi connectivity index (χ1v) is 6.63. The molecule has 0 aliphatic rings. The van der Waals surface area contributed by atoms with Crippen LogP contribution in [0, 0.1) is 6.92 Å². The Kier molecular flexibility index (Phi) is 5.12. The molecule has 1 amide bonds. The fourth-order valence-corrected chi connectivity index (χ4v) is 1.72. The molecular formula is C16H18N2O2. The summed E-state index contributed by atoms with van der Waals surface area (Å²) in [5, 5.41) is 2.79. The molecule has 0 spiro atoms. The van der Waals surface area contributed by atoms with E-state index in [0.29, 0.717) is 19.4 Å². The Hall–Kier alpha value is -2.36. The second-order valence-electron chi connectivity index (χ2n) is 4.55. The van der Waals surface area contributed by atoms with Crippen LogP contribution in [-0.4, -0.2) is 17.5 Å². The summed E-state index contributed by atoms with van der Waals surface area (Å²) >= 11 is 0. The van der Waals surface area contributed by atoms with Crippen molar-refractivity contribution in [2.45, 2.75) is 19.8 Å². The molecule has 1 N–H and O–H groups in total. The topological polar surface area (TPSA) is 51.2 Å². The van der Waals surface area contributed by atoms with Gasteiger partial charge in [-0.3, -0.25) is 9.78 Å². The lowest BCUT2D eigenvalue weighted by Crippen LogP contribution is -2.12. The molecule has 1 aromatic carbocycles. The van der Waals surface area contributed by atoms with Crippen molar-refractivity contribution >= 4 is 11.6 Å². The Bertz CT molecular complexity index is 538. The number of rotatable bonds is 6.